The van der Waals surface area contributed by atoms with Gasteiger partial charge in [-0.25, -0.2) is 9.59 Å². The molecule has 3 aliphatic heterocycles. The largest absolute Gasteiger partial charge is 0.483 e. The summed E-state index contributed by atoms with van der Waals surface area (Å²) in [6.45, 7) is 15.9. The van der Waals surface area contributed by atoms with Gasteiger partial charge < -0.3 is 33.4 Å². The van der Waals surface area contributed by atoms with Crippen LogP contribution < -0.4 is 15.5 Å². The number of esters is 4. The first-order valence-electron chi connectivity index (χ1n) is 16.5. The van der Waals surface area contributed by atoms with Crippen molar-refractivity contribution in [2.24, 2.45) is 21.7 Å². The highest BCUT2D eigenvalue weighted by atomic mass is 16.7. The second-order valence-electron chi connectivity index (χ2n) is 16.2. The zero-order chi connectivity index (χ0) is 35.2. The number of anilines is 1. The summed E-state index contributed by atoms with van der Waals surface area (Å²) in [7, 11) is 1.61. The minimum absolute atomic E-state index is 0.0963. The zero-order valence-electron chi connectivity index (χ0n) is 29.1. The van der Waals surface area contributed by atoms with Gasteiger partial charge in [-0.05, 0) is 72.4 Å². The molecule has 0 spiro atoms. The van der Waals surface area contributed by atoms with Gasteiger partial charge in [0.2, 0.25) is 16.6 Å². The molecule has 2 aliphatic carbocycles. The van der Waals surface area contributed by atoms with Crippen LogP contribution >= 0.6 is 0 Å². The Kier molecular flexibility index (Phi) is 6.30. The number of ether oxygens (including phenoxy) is 5. The highest BCUT2D eigenvalue weighted by Gasteiger charge is 2.78. The number of nitrogens with one attached hydrogen (secondary N) is 1. The van der Waals surface area contributed by atoms with Crippen molar-refractivity contribution in [3.05, 3.63) is 33.7 Å². The average Bonchev–Trinajstić information content (AvgIpc) is 3.46. The third kappa shape index (κ3) is 3.48. The minimum atomic E-state index is -1.61. The van der Waals surface area contributed by atoms with E-state index in [1.807, 2.05) is 27.7 Å². The minimum Gasteiger partial charge on any atom is -0.483 e. The number of carbonyl (C=O) groups excluding carboxylic acids is 4. The van der Waals surface area contributed by atoms with Crippen LogP contribution in [0.3, 0.4) is 0 Å². The van der Waals surface area contributed by atoms with Crippen LogP contribution in [0.1, 0.15) is 98.5 Å². The molecule has 1 N–H and O–H groups in total. The monoisotopic (exact) mass is 665 g/mol. The van der Waals surface area contributed by atoms with Crippen molar-refractivity contribution < 1.29 is 47.3 Å². The molecular weight excluding hydrogens is 622 g/mol. The molecule has 4 fully saturated rings. The van der Waals surface area contributed by atoms with E-state index < -0.39 is 74.5 Å². The molecule has 2 unspecified atom stereocenters. The molecule has 48 heavy (non-hydrogen) atoms. The van der Waals surface area contributed by atoms with Gasteiger partial charge in [-0.15, -0.1) is 0 Å². The van der Waals surface area contributed by atoms with Crippen molar-refractivity contribution in [3.8, 4) is 5.75 Å². The summed E-state index contributed by atoms with van der Waals surface area (Å²) in [5.74, 6) is -2.01. The fourth-order valence-corrected chi connectivity index (χ4v) is 9.02. The molecule has 2 aromatic rings. The summed E-state index contributed by atoms with van der Waals surface area (Å²) in [5.41, 5.74) is -7.93. The molecule has 2 saturated heterocycles. The SMILES string of the molecule is CNc1c(C)oc2c3c(ccc2c1=O)OC(C)(C)[C@H](OC(=O)C12CC[C@](C)(C(=O)O1)C2(C)C)[C@@H]3OC(=O)C12CC[C@@](C)(C(=O)O1)C2(C)C. The van der Waals surface area contributed by atoms with Crippen LogP contribution in [0, 0.1) is 28.6 Å². The van der Waals surface area contributed by atoms with Crippen LogP contribution in [0.5, 0.6) is 5.75 Å². The number of aryl methyl sites for hydroxylation is 1. The summed E-state index contributed by atoms with van der Waals surface area (Å²) >= 11 is 0. The Balaban J connectivity index is 1.39. The third-order valence-corrected chi connectivity index (χ3v) is 13.4. The Hall–Kier alpha value is -4.09. The number of carbonyl (C=O) groups is 4. The van der Waals surface area contributed by atoms with Crippen molar-refractivity contribution in [2.75, 3.05) is 12.4 Å². The van der Waals surface area contributed by atoms with E-state index >= 15 is 0 Å². The van der Waals surface area contributed by atoms with Gasteiger partial charge in [-0.3, -0.25) is 14.4 Å². The first kappa shape index (κ1) is 32.5. The van der Waals surface area contributed by atoms with Crippen molar-refractivity contribution in [2.45, 2.75) is 117 Å². The lowest BCUT2D eigenvalue weighted by atomic mass is 9.66. The van der Waals surface area contributed by atoms with Gasteiger partial charge in [-0.2, -0.15) is 0 Å². The molecule has 12 heteroatoms. The summed E-state index contributed by atoms with van der Waals surface area (Å²) in [6, 6.07) is 3.17. The molecule has 0 amide bonds. The second-order valence-corrected chi connectivity index (χ2v) is 16.2. The molecule has 4 heterocycles. The fourth-order valence-electron chi connectivity index (χ4n) is 9.02. The zero-order valence-corrected chi connectivity index (χ0v) is 29.1. The van der Waals surface area contributed by atoms with E-state index in [4.69, 9.17) is 28.1 Å². The number of rotatable bonds is 5. The van der Waals surface area contributed by atoms with Crippen molar-refractivity contribution >= 4 is 40.5 Å². The van der Waals surface area contributed by atoms with Crippen LogP contribution in [0.4, 0.5) is 5.69 Å². The Bertz CT molecular complexity index is 1910. The summed E-state index contributed by atoms with van der Waals surface area (Å²) in [6.07, 6.45) is -1.34. The summed E-state index contributed by atoms with van der Waals surface area (Å²) < 4.78 is 37.1. The van der Waals surface area contributed by atoms with E-state index in [9.17, 15) is 24.0 Å². The normalized spacial score (nSPS) is 36.2. The van der Waals surface area contributed by atoms with Gasteiger partial charge in [0.05, 0.1) is 21.8 Å². The van der Waals surface area contributed by atoms with Crippen LogP contribution in [-0.2, 0) is 38.1 Å². The predicted molar refractivity (Wildman–Crippen MR) is 170 cm³/mol. The average molecular weight is 666 g/mol. The van der Waals surface area contributed by atoms with E-state index in [2.05, 4.69) is 5.32 Å². The van der Waals surface area contributed by atoms with Gasteiger partial charge >= 0.3 is 23.9 Å². The maximum atomic E-state index is 14.5. The predicted octanol–water partition coefficient (Wildman–Crippen LogP) is 5.05. The number of benzene rings is 1. The molecule has 12 nitrogen and oxygen atoms in total. The maximum Gasteiger partial charge on any atom is 0.351 e. The lowest BCUT2D eigenvalue weighted by molar-refractivity contribution is -0.217. The second kappa shape index (κ2) is 9.32. The molecule has 5 aliphatic rings. The highest BCUT2D eigenvalue weighted by molar-refractivity contribution is 5.95. The number of hydrogen-bond donors (Lipinski definition) is 1. The Morgan fingerprint density at radius 1 is 0.771 bits per heavy atom. The van der Waals surface area contributed by atoms with E-state index in [0.29, 0.717) is 12.8 Å². The Morgan fingerprint density at radius 3 is 1.75 bits per heavy atom. The molecule has 2 saturated carbocycles. The van der Waals surface area contributed by atoms with Crippen molar-refractivity contribution in [1.29, 1.82) is 0 Å². The Labute approximate surface area is 278 Å². The lowest BCUT2D eigenvalue weighted by Crippen LogP contribution is -2.57. The molecular formula is C36H43NO11. The molecule has 4 bridgehead atoms. The van der Waals surface area contributed by atoms with Gasteiger partial charge in [0.1, 0.15) is 28.4 Å². The van der Waals surface area contributed by atoms with E-state index in [1.165, 1.54) is 0 Å². The smallest absolute Gasteiger partial charge is 0.351 e. The molecule has 7 rings (SSSR count). The van der Waals surface area contributed by atoms with Gasteiger partial charge in [0.15, 0.2) is 12.2 Å². The van der Waals surface area contributed by atoms with Gasteiger partial charge in [-0.1, -0.05) is 27.7 Å². The lowest BCUT2D eigenvalue weighted by Gasteiger charge is -2.45. The standard InChI is InChI=1S/C36H43NO11/c1-17-21(37-10)22(38)18-11-12-19-20(23(18)43-17)24(44-28(41)35-15-13-33(8,26(39)47-35)31(35,4)5)25(30(2,3)46-19)45-29(42)36-16-14-34(9,27(40)48-36)32(36,6)7/h11-12,24-25,37H,13-16H2,1-10H3/t24-,25-,33+,34-,35?,36?/m1/s1. The van der Waals surface area contributed by atoms with Crippen LogP contribution in [0.15, 0.2) is 21.3 Å². The molecule has 0 radical (unpaired) electrons. The van der Waals surface area contributed by atoms with E-state index in [-0.39, 0.29) is 52.0 Å². The van der Waals surface area contributed by atoms with Crippen LogP contribution in [0.25, 0.3) is 11.0 Å². The van der Waals surface area contributed by atoms with E-state index in [0.717, 1.165) is 0 Å². The molecule has 1 aromatic carbocycles. The van der Waals surface area contributed by atoms with E-state index in [1.54, 1.807) is 53.8 Å². The maximum absolute atomic E-state index is 14.5. The summed E-state index contributed by atoms with van der Waals surface area (Å²) in [4.78, 5) is 68.7. The quantitative estimate of drug-likeness (QED) is 0.335. The highest BCUT2D eigenvalue weighted by Crippen LogP contribution is 2.67. The number of fused-ring (bicyclic) bond motifs is 7. The topological polar surface area (TPSA) is 157 Å². The van der Waals surface area contributed by atoms with Gasteiger partial charge in [0.25, 0.3) is 0 Å². The van der Waals surface area contributed by atoms with Gasteiger partial charge in [0, 0.05) is 17.9 Å². The molecule has 258 valence electrons. The third-order valence-electron chi connectivity index (χ3n) is 13.4. The van der Waals surface area contributed by atoms with Crippen molar-refractivity contribution in [3.63, 3.8) is 0 Å². The molecule has 6 atom stereocenters. The summed E-state index contributed by atoms with van der Waals surface area (Å²) in [5, 5.41) is 3.06. The van der Waals surface area contributed by atoms with Crippen molar-refractivity contribution in [1.82, 2.24) is 0 Å². The Morgan fingerprint density at radius 2 is 1.29 bits per heavy atom. The fraction of sp³-hybridized carbons (Fsp3) is 0.639. The molecule has 1 aromatic heterocycles. The van der Waals surface area contributed by atoms with Crippen LogP contribution in [-0.4, -0.2) is 53.8 Å². The number of hydrogen-bond acceptors (Lipinski definition) is 12. The van der Waals surface area contributed by atoms with Crippen LogP contribution in [0.2, 0.25) is 0 Å². The first-order chi connectivity index (χ1) is 22.2. The first-order valence-corrected chi connectivity index (χ1v) is 16.5.